The van der Waals surface area contributed by atoms with Crippen molar-refractivity contribution in [3.05, 3.63) is 23.2 Å². The highest BCUT2D eigenvalue weighted by Crippen LogP contribution is 2.32. The lowest BCUT2D eigenvalue weighted by Gasteiger charge is -2.41. The van der Waals surface area contributed by atoms with Gasteiger partial charge in [0, 0.05) is 24.3 Å². The molecule has 1 unspecified atom stereocenters. The normalized spacial score (nSPS) is 24.1. The molecule has 100 valence electrons. The Hall–Kier alpha value is -0.930. The molecule has 0 spiro atoms. The first-order chi connectivity index (χ1) is 8.58. The number of halogens is 1. The van der Waals surface area contributed by atoms with Gasteiger partial charge in [0.05, 0.1) is 12.1 Å². The van der Waals surface area contributed by atoms with Crippen LogP contribution in [-0.2, 0) is 0 Å². The predicted molar refractivity (Wildman–Crippen MR) is 76.9 cm³/mol. The molecule has 1 aliphatic heterocycles. The van der Waals surface area contributed by atoms with E-state index in [2.05, 4.69) is 23.2 Å². The molecule has 0 radical (unpaired) electrons. The number of anilines is 1. The zero-order chi connectivity index (χ0) is 13.2. The number of rotatable bonds is 3. The van der Waals surface area contributed by atoms with Crippen LogP contribution in [0.5, 0.6) is 5.75 Å². The Morgan fingerprint density at radius 2 is 2.22 bits per heavy atom. The molecular weight excluding hydrogens is 248 g/mol. The van der Waals surface area contributed by atoms with Gasteiger partial charge in [-0.05, 0) is 45.0 Å². The maximum atomic E-state index is 6.19. The number of likely N-dealkylation sites (N-methyl/N-ethyl adjacent to an activating group) is 1. The topological polar surface area (TPSA) is 24.5 Å². The molecule has 1 aliphatic rings. The van der Waals surface area contributed by atoms with Crippen LogP contribution in [0, 0.1) is 0 Å². The highest BCUT2D eigenvalue weighted by Gasteiger charge is 2.29. The SMILES string of the molecule is CNC1(C)CCCN(c2ccc(OC)c(Cl)c2)C1. The Labute approximate surface area is 114 Å². The lowest BCUT2D eigenvalue weighted by molar-refractivity contribution is 0.316. The zero-order valence-electron chi connectivity index (χ0n) is 11.3. The van der Waals surface area contributed by atoms with Gasteiger partial charge >= 0.3 is 0 Å². The lowest BCUT2D eigenvalue weighted by Crippen LogP contribution is -2.53. The van der Waals surface area contributed by atoms with Crippen LogP contribution in [-0.4, -0.2) is 32.8 Å². The standard InChI is InChI=1S/C14H21ClN2O/c1-14(16-2)7-4-8-17(10-14)11-5-6-13(18-3)12(15)9-11/h5-6,9,16H,4,7-8,10H2,1-3H3. The van der Waals surface area contributed by atoms with Gasteiger partial charge in [-0.25, -0.2) is 0 Å². The number of nitrogens with zero attached hydrogens (tertiary/aromatic N) is 1. The van der Waals surface area contributed by atoms with Crippen LogP contribution in [0.1, 0.15) is 19.8 Å². The van der Waals surface area contributed by atoms with Crippen molar-refractivity contribution in [2.45, 2.75) is 25.3 Å². The fourth-order valence-corrected chi connectivity index (χ4v) is 2.77. The molecule has 1 aromatic rings. The molecule has 1 N–H and O–H groups in total. The highest BCUT2D eigenvalue weighted by molar-refractivity contribution is 6.32. The van der Waals surface area contributed by atoms with Gasteiger partial charge in [0.1, 0.15) is 5.75 Å². The second-order valence-electron chi connectivity index (χ2n) is 5.15. The number of benzene rings is 1. The number of hydrogen-bond donors (Lipinski definition) is 1. The number of methoxy groups -OCH3 is 1. The number of nitrogens with one attached hydrogen (secondary N) is 1. The van der Waals surface area contributed by atoms with Crippen molar-refractivity contribution in [2.24, 2.45) is 0 Å². The third-order valence-electron chi connectivity index (χ3n) is 3.80. The summed E-state index contributed by atoms with van der Waals surface area (Å²) < 4.78 is 5.19. The molecule has 4 heteroatoms. The van der Waals surface area contributed by atoms with Gasteiger partial charge in [-0.15, -0.1) is 0 Å². The van der Waals surface area contributed by atoms with Crippen LogP contribution >= 0.6 is 11.6 Å². The first kappa shape index (κ1) is 13.5. The molecule has 1 atom stereocenters. The van der Waals surface area contributed by atoms with Crippen molar-refractivity contribution in [1.29, 1.82) is 0 Å². The van der Waals surface area contributed by atoms with Crippen molar-refractivity contribution in [1.82, 2.24) is 5.32 Å². The van der Waals surface area contributed by atoms with E-state index in [1.165, 1.54) is 18.5 Å². The largest absolute Gasteiger partial charge is 0.495 e. The molecule has 18 heavy (non-hydrogen) atoms. The van der Waals surface area contributed by atoms with Crippen molar-refractivity contribution >= 4 is 17.3 Å². The maximum absolute atomic E-state index is 6.19. The zero-order valence-corrected chi connectivity index (χ0v) is 12.0. The minimum absolute atomic E-state index is 0.185. The van der Waals surface area contributed by atoms with Crippen LogP contribution in [0.2, 0.25) is 5.02 Å². The Morgan fingerprint density at radius 3 is 2.83 bits per heavy atom. The van der Waals surface area contributed by atoms with E-state index in [0.29, 0.717) is 5.02 Å². The smallest absolute Gasteiger partial charge is 0.137 e. The molecule has 1 saturated heterocycles. The predicted octanol–water partition coefficient (Wildman–Crippen LogP) is 2.93. The van der Waals surface area contributed by atoms with Gasteiger partial charge < -0.3 is 15.0 Å². The van der Waals surface area contributed by atoms with E-state index in [1.807, 2.05) is 19.2 Å². The van der Waals surface area contributed by atoms with Crippen molar-refractivity contribution in [3.63, 3.8) is 0 Å². The summed E-state index contributed by atoms with van der Waals surface area (Å²) in [6, 6.07) is 6.00. The Kier molecular flexibility index (Phi) is 4.03. The summed E-state index contributed by atoms with van der Waals surface area (Å²) in [5.74, 6) is 0.730. The Balaban J connectivity index is 2.18. The van der Waals surface area contributed by atoms with E-state index < -0.39 is 0 Å². The minimum Gasteiger partial charge on any atom is -0.495 e. The molecule has 0 bridgehead atoms. The first-order valence-corrected chi connectivity index (χ1v) is 6.73. The number of hydrogen-bond acceptors (Lipinski definition) is 3. The third kappa shape index (κ3) is 2.73. The minimum atomic E-state index is 0.185. The lowest BCUT2D eigenvalue weighted by atomic mass is 9.91. The quantitative estimate of drug-likeness (QED) is 0.912. The van der Waals surface area contributed by atoms with E-state index in [1.54, 1.807) is 7.11 Å². The fraction of sp³-hybridized carbons (Fsp3) is 0.571. The number of ether oxygens (including phenoxy) is 1. The summed E-state index contributed by atoms with van der Waals surface area (Å²) >= 11 is 6.19. The molecule has 1 fully saturated rings. The molecule has 0 aliphatic carbocycles. The summed E-state index contributed by atoms with van der Waals surface area (Å²) in [5.41, 5.74) is 1.35. The van der Waals surface area contributed by atoms with E-state index in [0.717, 1.165) is 18.8 Å². The highest BCUT2D eigenvalue weighted by atomic mass is 35.5. The van der Waals surface area contributed by atoms with Crippen molar-refractivity contribution < 1.29 is 4.74 Å². The van der Waals surface area contributed by atoms with Gasteiger partial charge in [-0.1, -0.05) is 11.6 Å². The van der Waals surface area contributed by atoms with Crippen LogP contribution in [0.25, 0.3) is 0 Å². The fourth-order valence-electron chi connectivity index (χ4n) is 2.52. The second kappa shape index (κ2) is 5.37. The van der Waals surface area contributed by atoms with Crippen molar-refractivity contribution in [3.8, 4) is 5.75 Å². The third-order valence-corrected chi connectivity index (χ3v) is 4.10. The Bertz CT molecular complexity index is 424. The van der Waals surface area contributed by atoms with Crippen molar-refractivity contribution in [2.75, 3.05) is 32.1 Å². The van der Waals surface area contributed by atoms with Gasteiger partial charge in [-0.3, -0.25) is 0 Å². The average Bonchev–Trinajstić information content (AvgIpc) is 2.39. The van der Waals surface area contributed by atoms with E-state index >= 15 is 0 Å². The van der Waals surface area contributed by atoms with E-state index in [-0.39, 0.29) is 5.54 Å². The molecule has 2 rings (SSSR count). The summed E-state index contributed by atoms with van der Waals surface area (Å²) in [7, 11) is 3.67. The summed E-state index contributed by atoms with van der Waals surface area (Å²) in [6.45, 7) is 4.36. The molecule has 0 amide bonds. The Morgan fingerprint density at radius 1 is 1.44 bits per heavy atom. The molecular formula is C14H21ClN2O. The second-order valence-corrected chi connectivity index (χ2v) is 5.56. The molecule has 1 heterocycles. The summed E-state index contributed by atoms with van der Waals surface area (Å²) in [5, 5.41) is 4.09. The maximum Gasteiger partial charge on any atom is 0.137 e. The average molecular weight is 269 g/mol. The van der Waals surface area contributed by atoms with Crippen LogP contribution < -0.4 is 15.0 Å². The number of piperidine rings is 1. The van der Waals surface area contributed by atoms with Gasteiger partial charge in [0.25, 0.3) is 0 Å². The van der Waals surface area contributed by atoms with Crippen LogP contribution in [0.15, 0.2) is 18.2 Å². The van der Waals surface area contributed by atoms with E-state index in [4.69, 9.17) is 16.3 Å². The van der Waals surface area contributed by atoms with Gasteiger partial charge in [-0.2, -0.15) is 0 Å². The summed E-state index contributed by atoms with van der Waals surface area (Å²) in [4.78, 5) is 2.38. The van der Waals surface area contributed by atoms with Gasteiger partial charge in [0.2, 0.25) is 0 Å². The summed E-state index contributed by atoms with van der Waals surface area (Å²) in [6.07, 6.45) is 2.41. The van der Waals surface area contributed by atoms with Gasteiger partial charge in [0.15, 0.2) is 0 Å². The van der Waals surface area contributed by atoms with E-state index in [9.17, 15) is 0 Å². The van der Waals surface area contributed by atoms with Crippen LogP contribution in [0.4, 0.5) is 5.69 Å². The van der Waals surface area contributed by atoms with Crippen LogP contribution in [0.3, 0.4) is 0 Å². The molecule has 0 saturated carbocycles. The molecule has 0 aromatic heterocycles. The molecule has 3 nitrogen and oxygen atoms in total. The monoisotopic (exact) mass is 268 g/mol. The molecule has 1 aromatic carbocycles. The first-order valence-electron chi connectivity index (χ1n) is 6.35.